The van der Waals surface area contributed by atoms with E-state index in [0.29, 0.717) is 5.56 Å². The van der Waals surface area contributed by atoms with Gasteiger partial charge < -0.3 is 5.11 Å². The number of nitrogens with one attached hydrogen (secondary N) is 1. The highest BCUT2D eigenvalue weighted by molar-refractivity contribution is 7.89. The Labute approximate surface area is 146 Å². The van der Waals surface area contributed by atoms with Crippen LogP contribution in [0.4, 0.5) is 5.69 Å². The molecule has 1 saturated carbocycles. The molecule has 1 fully saturated rings. The molecule has 0 saturated heterocycles. The Balaban J connectivity index is 2.01. The molecular formula is C16H22N2O6S. The fourth-order valence-corrected chi connectivity index (χ4v) is 4.67. The summed E-state index contributed by atoms with van der Waals surface area (Å²) in [6.45, 7) is 0. The van der Waals surface area contributed by atoms with Crippen LogP contribution in [0.2, 0.25) is 0 Å². The van der Waals surface area contributed by atoms with Crippen molar-refractivity contribution in [1.82, 2.24) is 4.72 Å². The van der Waals surface area contributed by atoms with Gasteiger partial charge in [0.05, 0.1) is 16.6 Å². The fraction of sp³-hybridized carbons (Fsp3) is 0.562. The molecule has 138 valence electrons. The lowest BCUT2D eigenvalue weighted by atomic mass is 9.96. The third kappa shape index (κ3) is 6.09. The normalized spacial score (nSPS) is 17.1. The van der Waals surface area contributed by atoms with E-state index in [1.807, 2.05) is 0 Å². The van der Waals surface area contributed by atoms with Crippen LogP contribution < -0.4 is 4.72 Å². The molecule has 0 bridgehead atoms. The maximum Gasteiger partial charge on any atom is 0.307 e. The lowest BCUT2D eigenvalue weighted by molar-refractivity contribution is -0.384. The van der Waals surface area contributed by atoms with Crippen molar-refractivity contribution in [3.63, 3.8) is 0 Å². The van der Waals surface area contributed by atoms with E-state index in [0.717, 1.165) is 32.1 Å². The maximum atomic E-state index is 12.3. The van der Waals surface area contributed by atoms with E-state index in [9.17, 15) is 28.4 Å². The van der Waals surface area contributed by atoms with Crippen molar-refractivity contribution in [2.75, 3.05) is 5.75 Å². The minimum atomic E-state index is -3.71. The zero-order chi connectivity index (χ0) is 18.4. The third-order valence-corrected chi connectivity index (χ3v) is 5.88. The zero-order valence-electron chi connectivity index (χ0n) is 13.8. The maximum absolute atomic E-state index is 12.3. The van der Waals surface area contributed by atoms with Gasteiger partial charge in [-0.15, -0.1) is 0 Å². The summed E-state index contributed by atoms with van der Waals surface area (Å²) >= 11 is 0. The second-order valence-corrected chi connectivity index (χ2v) is 8.20. The van der Waals surface area contributed by atoms with E-state index in [-0.39, 0.29) is 18.2 Å². The minimum absolute atomic E-state index is 0.00109. The number of benzene rings is 1. The van der Waals surface area contributed by atoms with Crippen LogP contribution in [0.25, 0.3) is 0 Å². The van der Waals surface area contributed by atoms with Crippen LogP contribution in [0.1, 0.15) is 37.7 Å². The van der Waals surface area contributed by atoms with Gasteiger partial charge in [0.15, 0.2) is 0 Å². The molecular weight excluding hydrogens is 348 g/mol. The molecule has 0 radical (unpaired) electrons. The molecule has 0 aromatic heterocycles. The van der Waals surface area contributed by atoms with Gasteiger partial charge in [0, 0.05) is 18.2 Å². The molecule has 9 heteroatoms. The SMILES string of the molecule is O=C(O)[C@@H](Cc1ccc([N+](=O)[O-])cc1)CS(=O)(=O)NC1CCCCC1. The molecule has 1 aromatic carbocycles. The average Bonchev–Trinajstić information content (AvgIpc) is 2.55. The minimum Gasteiger partial charge on any atom is -0.481 e. The molecule has 1 aliphatic carbocycles. The molecule has 0 unspecified atom stereocenters. The summed E-state index contributed by atoms with van der Waals surface area (Å²) in [5, 5.41) is 20.0. The summed E-state index contributed by atoms with van der Waals surface area (Å²) in [4.78, 5) is 21.5. The zero-order valence-corrected chi connectivity index (χ0v) is 14.6. The highest BCUT2D eigenvalue weighted by Crippen LogP contribution is 2.20. The highest BCUT2D eigenvalue weighted by Gasteiger charge is 2.28. The fourth-order valence-electron chi connectivity index (χ4n) is 3.04. The standard InChI is InChI=1S/C16H22N2O6S/c19-16(20)13(10-12-6-8-15(9-7-12)18(21)22)11-25(23,24)17-14-4-2-1-3-5-14/h6-9,13-14,17H,1-5,10-11H2,(H,19,20)/t13-/m0/s1. The monoisotopic (exact) mass is 370 g/mol. The lowest BCUT2D eigenvalue weighted by Crippen LogP contribution is -2.40. The Morgan fingerprint density at radius 2 is 1.84 bits per heavy atom. The molecule has 0 spiro atoms. The van der Waals surface area contributed by atoms with Crippen molar-refractivity contribution in [2.24, 2.45) is 5.92 Å². The number of nitrogens with zero attached hydrogens (tertiary/aromatic N) is 1. The van der Waals surface area contributed by atoms with Gasteiger partial charge in [-0.3, -0.25) is 14.9 Å². The number of carbonyl (C=O) groups is 1. The van der Waals surface area contributed by atoms with Crippen molar-refractivity contribution in [3.05, 3.63) is 39.9 Å². The number of nitro groups is 1. The second kappa shape index (κ2) is 8.39. The Bertz CT molecular complexity index is 711. The molecule has 8 nitrogen and oxygen atoms in total. The molecule has 2 rings (SSSR count). The van der Waals surface area contributed by atoms with E-state index in [4.69, 9.17) is 0 Å². The van der Waals surface area contributed by atoms with Gasteiger partial charge in [0.25, 0.3) is 5.69 Å². The smallest absolute Gasteiger partial charge is 0.307 e. The highest BCUT2D eigenvalue weighted by atomic mass is 32.2. The van der Waals surface area contributed by atoms with Gasteiger partial charge in [0.1, 0.15) is 0 Å². The number of nitro benzene ring substituents is 1. The predicted molar refractivity (Wildman–Crippen MR) is 91.7 cm³/mol. The van der Waals surface area contributed by atoms with E-state index >= 15 is 0 Å². The van der Waals surface area contributed by atoms with Gasteiger partial charge in [-0.25, -0.2) is 13.1 Å². The number of carboxylic acids is 1. The van der Waals surface area contributed by atoms with E-state index in [1.165, 1.54) is 24.3 Å². The number of carboxylic acid groups (broad SMARTS) is 1. The van der Waals surface area contributed by atoms with Gasteiger partial charge in [-0.2, -0.15) is 0 Å². The van der Waals surface area contributed by atoms with Crippen molar-refractivity contribution in [3.8, 4) is 0 Å². The Hall–Kier alpha value is -2.00. The first-order valence-electron chi connectivity index (χ1n) is 8.23. The predicted octanol–water partition coefficient (Wildman–Crippen LogP) is 2.09. The summed E-state index contributed by atoms with van der Waals surface area (Å²) in [6, 6.07) is 5.35. The number of hydrogen-bond acceptors (Lipinski definition) is 5. The summed E-state index contributed by atoms with van der Waals surface area (Å²) in [5.74, 6) is -2.81. The Morgan fingerprint density at radius 3 is 2.36 bits per heavy atom. The number of sulfonamides is 1. The average molecular weight is 370 g/mol. The number of rotatable bonds is 8. The van der Waals surface area contributed by atoms with Crippen LogP contribution >= 0.6 is 0 Å². The Kier molecular flexibility index (Phi) is 6.49. The summed E-state index contributed by atoms with van der Waals surface area (Å²) in [6.07, 6.45) is 4.59. The first-order valence-corrected chi connectivity index (χ1v) is 9.88. The van der Waals surface area contributed by atoms with Crippen molar-refractivity contribution >= 4 is 21.7 Å². The van der Waals surface area contributed by atoms with Crippen molar-refractivity contribution in [1.29, 1.82) is 0 Å². The molecule has 0 heterocycles. The van der Waals surface area contributed by atoms with Gasteiger partial charge in [0.2, 0.25) is 10.0 Å². The molecule has 0 aliphatic heterocycles. The van der Waals surface area contributed by atoms with Crippen LogP contribution in [0.3, 0.4) is 0 Å². The number of hydrogen-bond donors (Lipinski definition) is 2. The van der Waals surface area contributed by atoms with Crippen LogP contribution in [0.5, 0.6) is 0 Å². The molecule has 2 N–H and O–H groups in total. The Morgan fingerprint density at radius 1 is 1.24 bits per heavy atom. The van der Waals surface area contributed by atoms with Crippen LogP contribution in [0, 0.1) is 16.0 Å². The largest absolute Gasteiger partial charge is 0.481 e. The molecule has 25 heavy (non-hydrogen) atoms. The van der Waals surface area contributed by atoms with Gasteiger partial charge >= 0.3 is 5.97 Å². The van der Waals surface area contributed by atoms with Crippen LogP contribution in [-0.2, 0) is 21.2 Å². The third-order valence-electron chi connectivity index (χ3n) is 4.35. The summed E-state index contributed by atoms with van der Waals surface area (Å²) < 4.78 is 27.2. The first-order chi connectivity index (χ1) is 11.8. The van der Waals surface area contributed by atoms with E-state index in [2.05, 4.69) is 4.72 Å². The van der Waals surface area contributed by atoms with Crippen molar-refractivity contribution in [2.45, 2.75) is 44.6 Å². The van der Waals surface area contributed by atoms with Gasteiger partial charge in [-0.1, -0.05) is 31.4 Å². The summed E-state index contributed by atoms with van der Waals surface area (Å²) in [5.41, 5.74) is 0.452. The summed E-state index contributed by atoms with van der Waals surface area (Å²) in [7, 11) is -3.71. The first kappa shape index (κ1) is 19.3. The molecule has 1 aliphatic rings. The quantitative estimate of drug-likeness (QED) is 0.533. The number of non-ortho nitro benzene ring substituents is 1. The second-order valence-electron chi connectivity index (χ2n) is 6.40. The van der Waals surface area contributed by atoms with E-state index in [1.54, 1.807) is 0 Å². The van der Waals surface area contributed by atoms with E-state index < -0.39 is 32.6 Å². The van der Waals surface area contributed by atoms with Crippen LogP contribution in [0.15, 0.2) is 24.3 Å². The lowest BCUT2D eigenvalue weighted by Gasteiger charge is -2.23. The molecule has 1 atom stereocenters. The number of aliphatic carboxylic acids is 1. The molecule has 1 aromatic rings. The topological polar surface area (TPSA) is 127 Å². The van der Waals surface area contributed by atoms with Crippen molar-refractivity contribution < 1.29 is 23.2 Å². The van der Waals surface area contributed by atoms with Gasteiger partial charge in [-0.05, 0) is 24.8 Å². The van der Waals surface area contributed by atoms with Crippen LogP contribution in [-0.4, -0.2) is 36.2 Å². The molecule has 0 amide bonds.